The van der Waals surface area contributed by atoms with Gasteiger partial charge in [-0.25, -0.2) is 14.5 Å². The average Bonchev–Trinajstić information content (AvgIpc) is 3.28. The number of carbonyl (C=O) groups is 1. The van der Waals surface area contributed by atoms with E-state index in [4.69, 9.17) is 42.5 Å². The van der Waals surface area contributed by atoms with E-state index >= 15 is 0 Å². The number of amides is 1. The van der Waals surface area contributed by atoms with Crippen molar-refractivity contribution >= 4 is 46.0 Å². The number of nitrogens with one attached hydrogen (secondary N) is 1. The minimum absolute atomic E-state index is 0.145. The van der Waals surface area contributed by atoms with Crippen LogP contribution in [0.4, 0.5) is 10.6 Å². The van der Waals surface area contributed by atoms with Crippen LogP contribution in [0.5, 0.6) is 5.75 Å². The zero-order valence-electron chi connectivity index (χ0n) is 19.9. The fourth-order valence-electron chi connectivity index (χ4n) is 4.75. The van der Waals surface area contributed by atoms with Crippen LogP contribution in [-0.4, -0.2) is 32.4 Å². The Bertz CT molecular complexity index is 1480. The highest BCUT2D eigenvalue weighted by atomic mass is 35.5. The molecule has 0 saturated carbocycles. The Morgan fingerprint density at radius 2 is 2.00 bits per heavy atom. The van der Waals surface area contributed by atoms with Crippen molar-refractivity contribution in [3.63, 3.8) is 0 Å². The molecule has 2 aliphatic heterocycles. The zero-order valence-corrected chi connectivity index (χ0v) is 21.4. The first kappa shape index (κ1) is 24.0. The zero-order chi connectivity index (χ0) is 25.5. The molecule has 37 heavy (non-hydrogen) atoms. The Morgan fingerprint density at radius 3 is 2.78 bits per heavy atom. The van der Waals surface area contributed by atoms with Crippen molar-refractivity contribution in [3.05, 3.63) is 64.0 Å². The molecule has 0 radical (unpaired) electrons. The highest BCUT2D eigenvalue weighted by Crippen LogP contribution is 2.38. The van der Waals surface area contributed by atoms with Crippen molar-refractivity contribution in [1.29, 1.82) is 0 Å². The molecule has 4 aromatic rings. The second-order valence-corrected chi connectivity index (χ2v) is 9.82. The van der Waals surface area contributed by atoms with Crippen molar-refractivity contribution in [2.24, 2.45) is 0 Å². The molecule has 0 bridgehead atoms. The van der Waals surface area contributed by atoms with Gasteiger partial charge in [-0.1, -0.05) is 23.2 Å². The van der Waals surface area contributed by atoms with Crippen molar-refractivity contribution in [3.8, 4) is 17.0 Å². The fourth-order valence-corrected chi connectivity index (χ4v) is 5.43. The van der Waals surface area contributed by atoms with Gasteiger partial charge in [0.1, 0.15) is 30.0 Å². The molecular weight excluding hydrogens is 517 g/mol. The SMILES string of the molecule is C[C@@H](Oc1ccc2c(c1)c(-c1cnc3c(c1)COC(=O)N3)nn2C1CCCCO1)c1c(Cl)cncc1Cl. The second kappa shape index (κ2) is 9.81. The number of carbonyl (C=O) groups excluding carboxylic acids is 1. The van der Waals surface area contributed by atoms with Crippen LogP contribution in [0.25, 0.3) is 22.2 Å². The Morgan fingerprint density at radius 1 is 1.16 bits per heavy atom. The summed E-state index contributed by atoms with van der Waals surface area (Å²) in [7, 11) is 0. The summed E-state index contributed by atoms with van der Waals surface area (Å²) in [5, 5.41) is 9.36. The molecule has 0 aliphatic carbocycles. The van der Waals surface area contributed by atoms with E-state index in [2.05, 4.69) is 15.3 Å². The summed E-state index contributed by atoms with van der Waals surface area (Å²) in [6.07, 6.45) is 6.72. The number of benzene rings is 1. The quantitative estimate of drug-likeness (QED) is 0.301. The van der Waals surface area contributed by atoms with Gasteiger partial charge in [0.25, 0.3) is 0 Å². The number of anilines is 1. The van der Waals surface area contributed by atoms with E-state index in [1.165, 1.54) is 0 Å². The number of hydrogen-bond acceptors (Lipinski definition) is 7. The first-order valence-corrected chi connectivity index (χ1v) is 12.8. The predicted octanol–water partition coefficient (Wildman–Crippen LogP) is 6.70. The Balaban J connectivity index is 1.42. The summed E-state index contributed by atoms with van der Waals surface area (Å²) in [6, 6.07) is 7.77. The molecule has 5 heterocycles. The highest BCUT2D eigenvalue weighted by molar-refractivity contribution is 6.35. The molecule has 2 aliphatic rings. The molecule has 9 nitrogen and oxygen atoms in total. The van der Waals surface area contributed by atoms with Gasteiger partial charge in [0.15, 0.2) is 6.23 Å². The van der Waals surface area contributed by atoms with E-state index in [0.717, 1.165) is 47.0 Å². The number of pyridine rings is 2. The van der Waals surface area contributed by atoms with Crippen molar-refractivity contribution in [2.75, 3.05) is 11.9 Å². The van der Waals surface area contributed by atoms with Gasteiger partial charge in [0, 0.05) is 47.3 Å². The third-order valence-electron chi connectivity index (χ3n) is 6.54. The van der Waals surface area contributed by atoms with Crippen molar-refractivity contribution in [1.82, 2.24) is 19.7 Å². The number of ether oxygens (including phenoxy) is 3. The predicted molar refractivity (Wildman–Crippen MR) is 139 cm³/mol. The first-order chi connectivity index (χ1) is 18.0. The lowest BCUT2D eigenvalue weighted by Gasteiger charge is -2.23. The lowest BCUT2D eigenvalue weighted by Crippen LogP contribution is -2.21. The third-order valence-corrected chi connectivity index (χ3v) is 7.14. The Labute approximate surface area is 222 Å². The summed E-state index contributed by atoms with van der Waals surface area (Å²) in [4.78, 5) is 20.0. The van der Waals surface area contributed by atoms with Gasteiger partial charge in [-0.3, -0.25) is 10.3 Å². The van der Waals surface area contributed by atoms with Crippen LogP contribution in [0.3, 0.4) is 0 Å². The summed E-state index contributed by atoms with van der Waals surface area (Å²) in [6.45, 7) is 2.73. The van der Waals surface area contributed by atoms with E-state index in [1.54, 1.807) is 18.6 Å². The van der Waals surface area contributed by atoms with Crippen LogP contribution in [0.15, 0.2) is 42.9 Å². The van der Waals surface area contributed by atoms with Gasteiger partial charge >= 0.3 is 6.09 Å². The molecule has 1 saturated heterocycles. The maximum Gasteiger partial charge on any atom is 0.413 e. The molecule has 0 spiro atoms. The van der Waals surface area contributed by atoms with Gasteiger partial charge in [-0.15, -0.1) is 0 Å². The summed E-state index contributed by atoms with van der Waals surface area (Å²) < 4.78 is 19.4. The van der Waals surface area contributed by atoms with Gasteiger partial charge in [0.2, 0.25) is 0 Å². The lowest BCUT2D eigenvalue weighted by atomic mass is 10.1. The largest absolute Gasteiger partial charge is 0.486 e. The maximum atomic E-state index is 11.6. The number of hydrogen-bond donors (Lipinski definition) is 1. The van der Waals surface area contributed by atoms with Crippen LogP contribution in [0, 0.1) is 0 Å². The number of halogens is 2. The molecule has 6 rings (SSSR count). The van der Waals surface area contributed by atoms with Crippen LogP contribution in [0.1, 0.15) is 49.6 Å². The van der Waals surface area contributed by atoms with Crippen molar-refractivity contribution < 1.29 is 19.0 Å². The van der Waals surface area contributed by atoms with E-state index in [-0.39, 0.29) is 12.8 Å². The minimum atomic E-state index is -0.512. The summed E-state index contributed by atoms with van der Waals surface area (Å²) in [5.41, 5.74) is 3.89. The average molecular weight is 540 g/mol. The number of rotatable bonds is 5. The molecular formula is C26H23Cl2N5O4. The molecule has 11 heteroatoms. The number of nitrogens with zero attached hydrogens (tertiary/aromatic N) is 4. The molecule has 1 fully saturated rings. The Kier molecular flexibility index (Phi) is 6.36. The van der Waals surface area contributed by atoms with E-state index in [9.17, 15) is 4.79 Å². The van der Waals surface area contributed by atoms with Crippen molar-refractivity contribution in [2.45, 2.75) is 45.1 Å². The first-order valence-electron chi connectivity index (χ1n) is 12.0. The van der Waals surface area contributed by atoms with Gasteiger partial charge < -0.3 is 14.2 Å². The summed E-state index contributed by atoms with van der Waals surface area (Å²) >= 11 is 12.7. The van der Waals surface area contributed by atoms with Gasteiger partial charge in [-0.2, -0.15) is 5.10 Å². The monoisotopic (exact) mass is 539 g/mol. The van der Waals surface area contributed by atoms with E-state index in [0.29, 0.717) is 33.8 Å². The van der Waals surface area contributed by atoms with Crippen LogP contribution < -0.4 is 10.1 Å². The van der Waals surface area contributed by atoms with Crippen LogP contribution in [-0.2, 0) is 16.1 Å². The molecule has 1 unspecified atom stereocenters. The summed E-state index contributed by atoms with van der Waals surface area (Å²) in [5.74, 6) is 1.12. The van der Waals surface area contributed by atoms with Crippen LogP contribution >= 0.6 is 23.2 Å². The molecule has 2 atom stereocenters. The smallest absolute Gasteiger partial charge is 0.413 e. The number of aromatic nitrogens is 4. The molecule has 190 valence electrons. The highest BCUT2D eigenvalue weighted by Gasteiger charge is 2.25. The fraction of sp³-hybridized carbons (Fsp3) is 0.308. The lowest BCUT2D eigenvalue weighted by molar-refractivity contribution is -0.0365. The standard InChI is InChI=1S/C26H23Cl2N5O4/c1-14(23-19(27)11-29-12-20(23)28)37-17-5-6-21-18(9-17)24(32-33(21)22-4-2-3-7-35-22)15-8-16-13-36-26(34)31-25(16)30-10-15/h5-6,8-12,14,22H,2-4,7,13H2,1H3,(H,30,31,34)/t14-,22?/m1/s1. The minimum Gasteiger partial charge on any atom is -0.486 e. The topological polar surface area (TPSA) is 100 Å². The van der Waals surface area contributed by atoms with Gasteiger partial charge in [0.05, 0.1) is 15.6 Å². The molecule has 1 aromatic carbocycles. The number of cyclic esters (lactones) is 1. The second-order valence-electron chi connectivity index (χ2n) is 9.00. The van der Waals surface area contributed by atoms with E-state index in [1.807, 2.05) is 35.9 Å². The van der Waals surface area contributed by atoms with Crippen LogP contribution in [0.2, 0.25) is 10.0 Å². The molecule has 1 amide bonds. The normalized spacial score (nSPS) is 18.1. The molecule has 1 N–H and O–H groups in total. The third kappa shape index (κ3) is 4.58. The molecule has 3 aromatic heterocycles. The Hall–Kier alpha value is -3.40. The van der Waals surface area contributed by atoms with Gasteiger partial charge in [-0.05, 0) is 50.5 Å². The maximum absolute atomic E-state index is 11.6. The van der Waals surface area contributed by atoms with E-state index < -0.39 is 12.2 Å². The number of fused-ring (bicyclic) bond motifs is 2.